The van der Waals surface area contributed by atoms with E-state index in [0.29, 0.717) is 0 Å². The van der Waals surface area contributed by atoms with Crippen LogP contribution in [0.1, 0.15) is 30.9 Å². The van der Waals surface area contributed by atoms with Gasteiger partial charge in [0.05, 0.1) is 0 Å². The number of aryl methyl sites for hydroxylation is 1. The first-order valence-electron chi connectivity index (χ1n) is 5.42. The molecule has 1 aliphatic carbocycles. The Bertz CT molecular complexity index is 307. The lowest BCUT2D eigenvalue weighted by atomic mass is 9.89. The van der Waals surface area contributed by atoms with E-state index in [1.54, 1.807) is 0 Å². The molecule has 1 aromatic rings. The molecule has 14 heavy (non-hydrogen) atoms. The molecule has 0 heterocycles. The van der Waals surface area contributed by atoms with Gasteiger partial charge in [-0.05, 0) is 44.6 Å². The molecule has 0 spiro atoms. The van der Waals surface area contributed by atoms with Crippen LogP contribution in [0.25, 0.3) is 0 Å². The van der Waals surface area contributed by atoms with Crippen LogP contribution >= 0.6 is 0 Å². The molecule has 0 aromatic heterocycles. The van der Waals surface area contributed by atoms with Crippen LogP contribution in [0.5, 0.6) is 0 Å². The van der Waals surface area contributed by atoms with Gasteiger partial charge in [0.2, 0.25) is 0 Å². The summed E-state index contributed by atoms with van der Waals surface area (Å²) in [5.74, 6) is 0.754. The SMILES string of the molecule is Cc1ccc(CC(C)(N)C2CC2)cc1. The third-order valence-electron chi connectivity index (χ3n) is 3.22. The second-order valence-corrected chi connectivity index (χ2v) is 4.94. The molecule has 2 rings (SSSR count). The van der Waals surface area contributed by atoms with E-state index in [-0.39, 0.29) is 5.54 Å². The highest BCUT2D eigenvalue weighted by atomic mass is 14.8. The first-order valence-corrected chi connectivity index (χ1v) is 5.42. The third-order valence-corrected chi connectivity index (χ3v) is 3.22. The van der Waals surface area contributed by atoms with Gasteiger partial charge in [0, 0.05) is 5.54 Å². The molecule has 0 aliphatic heterocycles. The largest absolute Gasteiger partial charge is 0.325 e. The van der Waals surface area contributed by atoms with E-state index in [4.69, 9.17) is 5.73 Å². The normalized spacial score (nSPS) is 20.5. The van der Waals surface area contributed by atoms with E-state index < -0.39 is 0 Å². The van der Waals surface area contributed by atoms with Crippen molar-refractivity contribution >= 4 is 0 Å². The number of benzene rings is 1. The Labute approximate surface area is 86.3 Å². The smallest absolute Gasteiger partial charge is 0.0195 e. The van der Waals surface area contributed by atoms with Gasteiger partial charge >= 0.3 is 0 Å². The average molecular weight is 189 g/mol. The minimum absolute atomic E-state index is 0.00918. The Morgan fingerprint density at radius 2 is 1.86 bits per heavy atom. The van der Waals surface area contributed by atoms with Crippen molar-refractivity contribution < 1.29 is 0 Å². The van der Waals surface area contributed by atoms with Crippen LogP contribution in [0.3, 0.4) is 0 Å². The maximum absolute atomic E-state index is 6.29. The molecule has 2 N–H and O–H groups in total. The molecule has 1 aromatic carbocycles. The van der Waals surface area contributed by atoms with Crippen molar-refractivity contribution in [2.75, 3.05) is 0 Å². The van der Waals surface area contributed by atoms with E-state index in [1.165, 1.54) is 24.0 Å². The van der Waals surface area contributed by atoms with Gasteiger partial charge in [0.15, 0.2) is 0 Å². The Morgan fingerprint density at radius 3 is 2.36 bits per heavy atom. The maximum Gasteiger partial charge on any atom is 0.0195 e. The molecule has 1 heteroatoms. The molecule has 1 fully saturated rings. The molecule has 0 saturated heterocycles. The Balaban J connectivity index is 2.06. The first kappa shape index (κ1) is 9.72. The first-order chi connectivity index (χ1) is 6.58. The van der Waals surface area contributed by atoms with Gasteiger partial charge in [-0.15, -0.1) is 0 Å². The summed E-state index contributed by atoms with van der Waals surface area (Å²) in [5.41, 5.74) is 8.99. The summed E-state index contributed by atoms with van der Waals surface area (Å²) in [5, 5.41) is 0. The number of rotatable bonds is 3. The standard InChI is InChI=1S/C13H19N/c1-10-3-5-11(6-4-10)9-13(2,14)12-7-8-12/h3-6,12H,7-9,14H2,1-2H3. The molecule has 0 radical (unpaired) electrons. The molecule has 1 saturated carbocycles. The van der Waals surface area contributed by atoms with Gasteiger partial charge in [-0.1, -0.05) is 29.8 Å². The molecule has 1 atom stereocenters. The summed E-state index contributed by atoms with van der Waals surface area (Å²) in [6, 6.07) is 8.72. The minimum atomic E-state index is 0.00918. The van der Waals surface area contributed by atoms with Gasteiger partial charge in [-0.25, -0.2) is 0 Å². The van der Waals surface area contributed by atoms with Crippen molar-refractivity contribution in [3.63, 3.8) is 0 Å². The summed E-state index contributed by atoms with van der Waals surface area (Å²) in [7, 11) is 0. The highest BCUT2D eigenvalue weighted by Crippen LogP contribution is 2.39. The van der Waals surface area contributed by atoms with E-state index >= 15 is 0 Å². The van der Waals surface area contributed by atoms with E-state index in [1.807, 2.05) is 0 Å². The van der Waals surface area contributed by atoms with Crippen molar-refractivity contribution in [3.05, 3.63) is 35.4 Å². The summed E-state index contributed by atoms with van der Waals surface area (Å²) < 4.78 is 0. The predicted octanol–water partition coefficient (Wildman–Crippen LogP) is 2.66. The van der Waals surface area contributed by atoms with E-state index in [0.717, 1.165) is 12.3 Å². The van der Waals surface area contributed by atoms with Gasteiger partial charge in [-0.2, -0.15) is 0 Å². The monoisotopic (exact) mass is 189 g/mol. The molecule has 1 nitrogen and oxygen atoms in total. The zero-order chi connectivity index (χ0) is 10.2. The summed E-state index contributed by atoms with van der Waals surface area (Å²) in [6.07, 6.45) is 3.65. The minimum Gasteiger partial charge on any atom is -0.325 e. The molecule has 0 amide bonds. The summed E-state index contributed by atoms with van der Waals surface area (Å²) in [6.45, 7) is 4.30. The Morgan fingerprint density at radius 1 is 1.29 bits per heavy atom. The molecule has 0 bridgehead atoms. The zero-order valence-corrected chi connectivity index (χ0v) is 9.09. The number of hydrogen-bond acceptors (Lipinski definition) is 1. The average Bonchev–Trinajstić information content (AvgIpc) is 2.91. The Hall–Kier alpha value is -0.820. The topological polar surface area (TPSA) is 26.0 Å². The zero-order valence-electron chi connectivity index (χ0n) is 9.09. The fraction of sp³-hybridized carbons (Fsp3) is 0.538. The third kappa shape index (κ3) is 2.16. The van der Waals surface area contributed by atoms with Crippen LogP contribution in [0.15, 0.2) is 24.3 Å². The van der Waals surface area contributed by atoms with Crippen molar-refractivity contribution in [3.8, 4) is 0 Å². The maximum atomic E-state index is 6.29. The second-order valence-electron chi connectivity index (χ2n) is 4.94. The van der Waals surface area contributed by atoms with Crippen molar-refractivity contribution in [2.45, 2.75) is 38.6 Å². The fourth-order valence-corrected chi connectivity index (χ4v) is 2.03. The van der Waals surface area contributed by atoms with Crippen molar-refractivity contribution in [1.29, 1.82) is 0 Å². The van der Waals surface area contributed by atoms with Crippen LogP contribution in [-0.4, -0.2) is 5.54 Å². The van der Waals surface area contributed by atoms with Crippen LogP contribution in [0.4, 0.5) is 0 Å². The predicted molar refractivity (Wildman–Crippen MR) is 60.2 cm³/mol. The van der Waals surface area contributed by atoms with Gasteiger partial charge < -0.3 is 5.73 Å². The van der Waals surface area contributed by atoms with Crippen molar-refractivity contribution in [1.82, 2.24) is 0 Å². The highest BCUT2D eigenvalue weighted by Gasteiger charge is 2.38. The Kier molecular flexibility index (Phi) is 2.36. The fourth-order valence-electron chi connectivity index (χ4n) is 2.03. The lowest BCUT2D eigenvalue weighted by molar-refractivity contribution is 0.406. The van der Waals surface area contributed by atoms with Crippen LogP contribution in [-0.2, 0) is 6.42 Å². The van der Waals surface area contributed by atoms with E-state index in [9.17, 15) is 0 Å². The van der Waals surface area contributed by atoms with Gasteiger partial charge in [0.25, 0.3) is 0 Å². The molecular weight excluding hydrogens is 170 g/mol. The number of hydrogen-bond donors (Lipinski definition) is 1. The van der Waals surface area contributed by atoms with Crippen LogP contribution in [0, 0.1) is 12.8 Å². The quantitative estimate of drug-likeness (QED) is 0.777. The molecule has 1 aliphatic rings. The van der Waals surface area contributed by atoms with Gasteiger partial charge in [0.1, 0.15) is 0 Å². The van der Waals surface area contributed by atoms with Crippen molar-refractivity contribution in [2.24, 2.45) is 11.7 Å². The summed E-state index contributed by atoms with van der Waals surface area (Å²) >= 11 is 0. The van der Waals surface area contributed by atoms with Crippen LogP contribution in [0.2, 0.25) is 0 Å². The molecule has 76 valence electrons. The number of nitrogens with two attached hydrogens (primary N) is 1. The second kappa shape index (κ2) is 3.39. The molecular formula is C13H19N. The lowest BCUT2D eigenvalue weighted by Crippen LogP contribution is -2.40. The summed E-state index contributed by atoms with van der Waals surface area (Å²) in [4.78, 5) is 0. The highest BCUT2D eigenvalue weighted by molar-refractivity contribution is 5.23. The van der Waals surface area contributed by atoms with Gasteiger partial charge in [-0.3, -0.25) is 0 Å². The molecule has 1 unspecified atom stereocenters. The van der Waals surface area contributed by atoms with Crippen LogP contribution < -0.4 is 5.73 Å². The lowest BCUT2D eigenvalue weighted by Gasteiger charge is -2.24. The van der Waals surface area contributed by atoms with E-state index in [2.05, 4.69) is 38.1 Å².